The van der Waals surface area contributed by atoms with Crippen molar-refractivity contribution in [2.45, 2.75) is 33.7 Å². The molecule has 0 saturated heterocycles. The third-order valence-electron chi connectivity index (χ3n) is 4.92. The summed E-state index contributed by atoms with van der Waals surface area (Å²) in [6.07, 6.45) is 1.72. The molecule has 1 aromatic heterocycles. The SMILES string of the molecule is Cc1ccc([C@H](C)NC(=O)COC(=O)c2ccc(-n3nccc3C)cc2)cc1C. The molecule has 29 heavy (non-hydrogen) atoms. The Morgan fingerprint density at radius 2 is 1.76 bits per heavy atom. The molecule has 1 atom stereocenters. The molecule has 0 aliphatic carbocycles. The number of esters is 1. The van der Waals surface area contributed by atoms with Gasteiger partial charge in [0.15, 0.2) is 6.61 Å². The number of carbonyl (C=O) groups is 2. The number of ether oxygens (including phenoxy) is 1. The van der Waals surface area contributed by atoms with Crippen LogP contribution in [0.4, 0.5) is 0 Å². The molecule has 3 aromatic rings. The molecule has 6 heteroatoms. The van der Waals surface area contributed by atoms with Crippen LogP contribution in [0.2, 0.25) is 0 Å². The van der Waals surface area contributed by atoms with E-state index in [9.17, 15) is 9.59 Å². The first-order chi connectivity index (χ1) is 13.8. The molecule has 1 heterocycles. The second-order valence-corrected chi connectivity index (χ2v) is 7.14. The van der Waals surface area contributed by atoms with Gasteiger partial charge in [0.25, 0.3) is 5.91 Å². The number of hydrogen-bond donors (Lipinski definition) is 1. The molecular weight excluding hydrogens is 366 g/mol. The highest BCUT2D eigenvalue weighted by Gasteiger charge is 2.14. The van der Waals surface area contributed by atoms with Crippen molar-refractivity contribution < 1.29 is 14.3 Å². The number of nitrogens with zero attached hydrogens (tertiary/aromatic N) is 2. The standard InChI is InChI=1S/C23H25N3O3/c1-15-5-6-20(13-16(15)2)18(4)25-22(27)14-29-23(28)19-7-9-21(10-8-19)26-17(3)11-12-24-26/h5-13,18H,14H2,1-4H3,(H,25,27)/t18-/m0/s1. The average Bonchev–Trinajstić information content (AvgIpc) is 3.14. The fraction of sp³-hybridized carbons (Fsp3) is 0.261. The molecule has 150 valence electrons. The molecule has 0 aliphatic rings. The van der Waals surface area contributed by atoms with Gasteiger partial charge in [0.2, 0.25) is 0 Å². The van der Waals surface area contributed by atoms with Crippen LogP contribution in [0.3, 0.4) is 0 Å². The second-order valence-electron chi connectivity index (χ2n) is 7.14. The van der Waals surface area contributed by atoms with Gasteiger partial charge in [0.1, 0.15) is 0 Å². The van der Waals surface area contributed by atoms with E-state index in [0.29, 0.717) is 5.56 Å². The summed E-state index contributed by atoms with van der Waals surface area (Å²) in [6, 6.07) is 14.7. The van der Waals surface area contributed by atoms with E-state index in [1.165, 1.54) is 11.1 Å². The Labute approximate surface area is 170 Å². The van der Waals surface area contributed by atoms with Crippen molar-refractivity contribution in [1.82, 2.24) is 15.1 Å². The number of aryl methyl sites for hydroxylation is 3. The smallest absolute Gasteiger partial charge is 0.338 e. The molecule has 2 aromatic carbocycles. The van der Waals surface area contributed by atoms with Gasteiger partial charge in [-0.05, 0) is 74.7 Å². The van der Waals surface area contributed by atoms with E-state index in [-0.39, 0.29) is 18.6 Å². The molecule has 3 rings (SSSR count). The van der Waals surface area contributed by atoms with Gasteiger partial charge in [0.05, 0.1) is 17.3 Å². The molecule has 0 saturated carbocycles. The van der Waals surface area contributed by atoms with Crippen LogP contribution in [-0.4, -0.2) is 28.3 Å². The van der Waals surface area contributed by atoms with Gasteiger partial charge in [-0.1, -0.05) is 18.2 Å². The Bertz CT molecular complexity index is 1020. The lowest BCUT2D eigenvalue weighted by Gasteiger charge is -2.16. The molecule has 0 fully saturated rings. The molecular formula is C23H25N3O3. The minimum absolute atomic E-state index is 0.169. The predicted molar refractivity (Wildman–Crippen MR) is 111 cm³/mol. The number of rotatable bonds is 6. The third-order valence-corrected chi connectivity index (χ3v) is 4.92. The van der Waals surface area contributed by atoms with Gasteiger partial charge in [0, 0.05) is 11.9 Å². The Hall–Kier alpha value is -3.41. The quantitative estimate of drug-likeness (QED) is 0.648. The number of amides is 1. The first-order valence-corrected chi connectivity index (χ1v) is 9.50. The predicted octanol–water partition coefficient (Wildman–Crippen LogP) is 3.83. The average molecular weight is 391 g/mol. The van der Waals surface area contributed by atoms with Crippen molar-refractivity contribution in [3.8, 4) is 5.69 Å². The maximum absolute atomic E-state index is 12.2. The lowest BCUT2D eigenvalue weighted by Crippen LogP contribution is -2.31. The highest BCUT2D eigenvalue weighted by molar-refractivity contribution is 5.91. The summed E-state index contributed by atoms with van der Waals surface area (Å²) in [5, 5.41) is 7.09. The molecule has 1 amide bonds. The van der Waals surface area contributed by atoms with E-state index in [2.05, 4.69) is 16.5 Å². The van der Waals surface area contributed by atoms with E-state index < -0.39 is 5.97 Å². The number of benzene rings is 2. The molecule has 0 unspecified atom stereocenters. The Kier molecular flexibility index (Phi) is 6.12. The number of aromatic nitrogens is 2. The summed E-state index contributed by atoms with van der Waals surface area (Å²) in [5.41, 5.74) is 5.61. The normalized spacial score (nSPS) is 11.7. The van der Waals surface area contributed by atoms with Crippen LogP contribution < -0.4 is 5.32 Å². The molecule has 0 spiro atoms. The number of carbonyl (C=O) groups excluding carboxylic acids is 2. The van der Waals surface area contributed by atoms with Gasteiger partial charge in [-0.3, -0.25) is 4.79 Å². The van der Waals surface area contributed by atoms with Crippen molar-refractivity contribution in [2.75, 3.05) is 6.61 Å². The van der Waals surface area contributed by atoms with Crippen molar-refractivity contribution in [3.05, 3.63) is 82.7 Å². The van der Waals surface area contributed by atoms with E-state index in [4.69, 9.17) is 4.74 Å². The van der Waals surface area contributed by atoms with Crippen LogP contribution in [0, 0.1) is 20.8 Å². The zero-order valence-electron chi connectivity index (χ0n) is 17.1. The Morgan fingerprint density at radius 1 is 1.03 bits per heavy atom. The zero-order valence-corrected chi connectivity index (χ0v) is 17.1. The maximum Gasteiger partial charge on any atom is 0.338 e. The van der Waals surface area contributed by atoms with Crippen LogP contribution in [-0.2, 0) is 9.53 Å². The summed E-state index contributed by atoms with van der Waals surface area (Å²) in [7, 11) is 0. The first kappa shape index (κ1) is 20.3. The Balaban J connectivity index is 1.53. The van der Waals surface area contributed by atoms with Crippen LogP contribution in [0.15, 0.2) is 54.7 Å². The van der Waals surface area contributed by atoms with Gasteiger partial charge in [-0.15, -0.1) is 0 Å². The fourth-order valence-electron chi connectivity index (χ4n) is 2.99. The van der Waals surface area contributed by atoms with E-state index in [1.807, 2.05) is 45.9 Å². The molecule has 6 nitrogen and oxygen atoms in total. The highest BCUT2D eigenvalue weighted by atomic mass is 16.5. The largest absolute Gasteiger partial charge is 0.452 e. The van der Waals surface area contributed by atoms with Gasteiger partial charge in [-0.25, -0.2) is 9.48 Å². The summed E-state index contributed by atoms with van der Waals surface area (Å²) in [6.45, 7) is 7.61. The van der Waals surface area contributed by atoms with Crippen LogP contribution >= 0.6 is 0 Å². The lowest BCUT2D eigenvalue weighted by atomic mass is 10.0. The first-order valence-electron chi connectivity index (χ1n) is 9.50. The van der Waals surface area contributed by atoms with Crippen molar-refractivity contribution in [2.24, 2.45) is 0 Å². The summed E-state index contributed by atoms with van der Waals surface area (Å²) in [4.78, 5) is 24.4. The van der Waals surface area contributed by atoms with Crippen molar-refractivity contribution >= 4 is 11.9 Å². The topological polar surface area (TPSA) is 73.2 Å². The third kappa shape index (κ3) is 4.90. The van der Waals surface area contributed by atoms with Crippen molar-refractivity contribution in [1.29, 1.82) is 0 Å². The molecule has 0 bridgehead atoms. The van der Waals surface area contributed by atoms with Crippen LogP contribution in [0.5, 0.6) is 0 Å². The lowest BCUT2D eigenvalue weighted by molar-refractivity contribution is -0.124. The van der Waals surface area contributed by atoms with E-state index >= 15 is 0 Å². The van der Waals surface area contributed by atoms with Crippen LogP contribution in [0.25, 0.3) is 5.69 Å². The number of nitrogens with one attached hydrogen (secondary N) is 1. The second kappa shape index (κ2) is 8.73. The fourth-order valence-corrected chi connectivity index (χ4v) is 2.99. The van der Waals surface area contributed by atoms with E-state index in [1.54, 1.807) is 35.1 Å². The minimum Gasteiger partial charge on any atom is -0.452 e. The highest BCUT2D eigenvalue weighted by Crippen LogP contribution is 2.17. The number of hydrogen-bond acceptors (Lipinski definition) is 4. The Morgan fingerprint density at radius 3 is 2.38 bits per heavy atom. The minimum atomic E-state index is -0.539. The van der Waals surface area contributed by atoms with Gasteiger partial charge in [-0.2, -0.15) is 5.10 Å². The van der Waals surface area contributed by atoms with Gasteiger partial charge < -0.3 is 10.1 Å². The summed E-state index contributed by atoms with van der Waals surface area (Å²) >= 11 is 0. The van der Waals surface area contributed by atoms with Crippen LogP contribution in [0.1, 0.15) is 45.7 Å². The monoisotopic (exact) mass is 391 g/mol. The molecule has 1 N–H and O–H groups in total. The van der Waals surface area contributed by atoms with Gasteiger partial charge >= 0.3 is 5.97 Å². The summed E-state index contributed by atoms with van der Waals surface area (Å²) < 4.78 is 6.92. The van der Waals surface area contributed by atoms with Crippen molar-refractivity contribution in [3.63, 3.8) is 0 Å². The molecule has 0 aliphatic heterocycles. The molecule has 0 radical (unpaired) electrons. The maximum atomic E-state index is 12.2. The summed E-state index contributed by atoms with van der Waals surface area (Å²) in [5.74, 6) is -0.879. The van der Waals surface area contributed by atoms with E-state index in [0.717, 1.165) is 16.9 Å². The zero-order chi connectivity index (χ0) is 21.0.